The van der Waals surface area contributed by atoms with Crippen LogP contribution in [0, 0.1) is 6.92 Å². The van der Waals surface area contributed by atoms with Crippen LogP contribution in [0.25, 0.3) is 0 Å². The fraction of sp³-hybridized carbons (Fsp3) is 0.333. The number of carbonyl (C=O) groups excluding carboxylic acids is 1. The van der Waals surface area contributed by atoms with Crippen LogP contribution < -0.4 is 0 Å². The highest BCUT2D eigenvalue weighted by Gasteiger charge is 2.14. The first-order chi connectivity index (χ1) is 7.56. The number of aromatic nitrogens is 1. The van der Waals surface area contributed by atoms with E-state index in [1.54, 1.807) is 30.3 Å². The largest absolute Gasteiger partial charge is 0.341 e. The van der Waals surface area contributed by atoms with E-state index in [0.717, 1.165) is 16.6 Å². The summed E-state index contributed by atoms with van der Waals surface area (Å²) >= 11 is 3.32. The van der Waals surface area contributed by atoms with Gasteiger partial charge in [0.2, 0.25) is 0 Å². The topological polar surface area (TPSA) is 33.2 Å². The molecule has 0 radical (unpaired) electrons. The molecule has 0 N–H and O–H groups in total. The van der Waals surface area contributed by atoms with Crippen LogP contribution in [-0.2, 0) is 0 Å². The number of nitrogens with zero attached hydrogens (tertiary/aromatic N) is 2. The Morgan fingerprint density at radius 2 is 2.38 bits per heavy atom. The van der Waals surface area contributed by atoms with Crippen LogP contribution in [0.5, 0.6) is 0 Å². The predicted octanol–water partition coefficient (Wildman–Crippen LogP) is 2.80. The number of hydrogen-bond acceptors (Lipinski definition) is 2. The number of pyridine rings is 1. The molecule has 1 heterocycles. The molecule has 0 saturated heterocycles. The molecule has 0 fully saturated rings. The number of amides is 1. The standard InChI is InChI=1S/C12H15BrN2O/c1-4-5-6-15(3)12(16)11-7-10(13)8-14-9(11)2/h4,7-8H,1,5-6H2,2-3H3. The van der Waals surface area contributed by atoms with E-state index in [9.17, 15) is 4.79 Å². The van der Waals surface area contributed by atoms with Crippen molar-refractivity contribution in [2.24, 2.45) is 0 Å². The normalized spacial score (nSPS) is 9.94. The van der Waals surface area contributed by atoms with Gasteiger partial charge in [-0.1, -0.05) is 6.08 Å². The summed E-state index contributed by atoms with van der Waals surface area (Å²) < 4.78 is 0.818. The lowest BCUT2D eigenvalue weighted by molar-refractivity contribution is 0.0796. The van der Waals surface area contributed by atoms with Gasteiger partial charge >= 0.3 is 0 Å². The van der Waals surface area contributed by atoms with Crippen LogP contribution in [0.2, 0.25) is 0 Å². The molecule has 0 aliphatic rings. The number of hydrogen-bond donors (Lipinski definition) is 0. The third-order valence-corrected chi connectivity index (χ3v) is 2.73. The van der Waals surface area contributed by atoms with Gasteiger partial charge in [0.05, 0.1) is 11.3 Å². The molecule has 1 amide bonds. The van der Waals surface area contributed by atoms with Crippen molar-refractivity contribution in [3.8, 4) is 0 Å². The van der Waals surface area contributed by atoms with Crippen molar-refractivity contribution in [1.29, 1.82) is 0 Å². The summed E-state index contributed by atoms with van der Waals surface area (Å²) in [4.78, 5) is 17.9. The highest BCUT2D eigenvalue weighted by Crippen LogP contribution is 2.15. The van der Waals surface area contributed by atoms with Crippen LogP contribution in [0.4, 0.5) is 0 Å². The minimum Gasteiger partial charge on any atom is -0.341 e. The van der Waals surface area contributed by atoms with Gasteiger partial charge in [-0.25, -0.2) is 0 Å². The van der Waals surface area contributed by atoms with Gasteiger partial charge in [-0.05, 0) is 35.3 Å². The molecule has 16 heavy (non-hydrogen) atoms. The Labute approximate surface area is 104 Å². The number of carbonyl (C=O) groups is 1. The van der Waals surface area contributed by atoms with E-state index in [1.807, 2.05) is 6.92 Å². The molecular formula is C12H15BrN2O. The Bertz CT molecular complexity index is 404. The van der Waals surface area contributed by atoms with Crippen LogP contribution in [0.15, 0.2) is 29.4 Å². The average Bonchev–Trinajstić information content (AvgIpc) is 2.28. The number of halogens is 1. The van der Waals surface area contributed by atoms with Crippen LogP contribution in [0.3, 0.4) is 0 Å². The lowest BCUT2D eigenvalue weighted by Crippen LogP contribution is -2.28. The Morgan fingerprint density at radius 1 is 1.69 bits per heavy atom. The summed E-state index contributed by atoms with van der Waals surface area (Å²) in [5.74, 6) is -0.00634. The summed E-state index contributed by atoms with van der Waals surface area (Å²) in [7, 11) is 1.78. The lowest BCUT2D eigenvalue weighted by Gasteiger charge is -2.17. The molecule has 0 aliphatic heterocycles. The molecule has 4 heteroatoms. The van der Waals surface area contributed by atoms with Gasteiger partial charge in [0, 0.05) is 24.3 Å². The minimum atomic E-state index is -0.00634. The third kappa shape index (κ3) is 3.17. The fourth-order valence-corrected chi connectivity index (χ4v) is 1.65. The Morgan fingerprint density at radius 3 is 3.00 bits per heavy atom. The average molecular weight is 283 g/mol. The minimum absolute atomic E-state index is 0.00634. The lowest BCUT2D eigenvalue weighted by atomic mass is 10.2. The highest BCUT2D eigenvalue weighted by atomic mass is 79.9. The van der Waals surface area contributed by atoms with Gasteiger partial charge in [-0.3, -0.25) is 9.78 Å². The molecule has 0 unspecified atom stereocenters. The Hall–Kier alpha value is -1.16. The molecule has 86 valence electrons. The van der Waals surface area contributed by atoms with Crippen LogP contribution >= 0.6 is 15.9 Å². The summed E-state index contributed by atoms with van der Waals surface area (Å²) in [6.45, 7) is 6.15. The second kappa shape index (κ2) is 5.80. The quantitative estimate of drug-likeness (QED) is 0.796. The van der Waals surface area contributed by atoms with Crippen LogP contribution in [0.1, 0.15) is 22.5 Å². The second-order valence-corrected chi connectivity index (χ2v) is 4.51. The number of aryl methyl sites for hydroxylation is 1. The SMILES string of the molecule is C=CCCN(C)C(=O)c1cc(Br)cnc1C. The maximum atomic E-state index is 12.1. The zero-order valence-corrected chi connectivity index (χ0v) is 11.1. The van der Waals surface area contributed by atoms with Gasteiger partial charge in [0.15, 0.2) is 0 Å². The van der Waals surface area contributed by atoms with Crippen molar-refractivity contribution in [2.45, 2.75) is 13.3 Å². The Kier molecular flexibility index (Phi) is 4.68. The first-order valence-corrected chi connectivity index (χ1v) is 5.84. The molecule has 0 aromatic carbocycles. The maximum absolute atomic E-state index is 12.1. The van der Waals surface area contributed by atoms with E-state index in [4.69, 9.17) is 0 Å². The summed E-state index contributed by atoms with van der Waals surface area (Å²) in [6.07, 6.45) is 4.29. The molecule has 3 nitrogen and oxygen atoms in total. The first-order valence-electron chi connectivity index (χ1n) is 5.04. The predicted molar refractivity (Wildman–Crippen MR) is 68.4 cm³/mol. The number of rotatable bonds is 4. The molecule has 0 bridgehead atoms. The van der Waals surface area contributed by atoms with E-state index in [0.29, 0.717) is 12.1 Å². The zero-order chi connectivity index (χ0) is 12.1. The summed E-state index contributed by atoms with van der Waals surface area (Å²) in [6, 6.07) is 1.80. The molecule has 1 aromatic heterocycles. The molecule has 0 atom stereocenters. The van der Waals surface area contributed by atoms with E-state index in [2.05, 4.69) is 27.5 Å². The third-order valence-electron chi connectivity index (χ3n) is 2.30. The molecule has 0 spiro atoms. The zero-order valence-electron chi connectivity index (χ0n) is 9.53. The molecule has 1 aromatic rings. The van der Waals surface area contributed by atoms with Crippen molar-refractivity contribution in [3.05, 3.63) is 40.6 Å². The van der Waals surface area contributed by atoms with E-state index >= 15 is 0 Å². The van der Waals surface area contributed by atoms with Crippen molar-refractivity contribution in [1.82, 2.24) is 9.88 Å². The smallest absolute Gasteiger partial charge is 0.255 e. The molecule has 0 aliphatic carbocycles. The van der Waals surface area contributed by atoms with Gasteiger partial charge in [-0.15, -0.1) is 6.58 Å². The van der Waals surface area contributed by atoms with Crippen molar-refractivity contribution >= 4 is 21.8 Å². The summed E-state index contributed by atoms with van der Waals surface area (Å²) in [5, 5.41) is 0. The molecular weight excluding hydrogens is 268 g/mol. The first kappa shape index (κ1) is 12.9. The van der Waals surface area contributed by atoms with Crippen LogP contribution in [-0.4, -0.2) is 29.4 Å². The van der Waals surface area contributed by atoms with Crippen molar-refractivity contribution < 1.29 is 4.79 Å². The Balaban J connectivity index is 2.86. The van der Waals surface area contributed by atoms with Gasteiger partial charge in [-0.2, -0.15) is 0 Å². The molecule has 0 saturated carbocycles. The summed E-state index contributed by atoms with van der Waals surface area (Å²) in [5.41, 5.74) is 1.39. The van der Waals surface area contributed by atoms with Gasteiger partial charge < -0.3 is 4.90 Å². The fourth-order valence-electron chi connectivity index (χ4n) is 1.32. The highest BCUT2D eigenvalue weighted by molar-refractivity contribution is 9.10. The van der Waals surface area contributed by atoms with Gasteiger partial charge in [0.25, 0.3) is 5.91 Å². The van der Waals surface area contributed by atoms with E-state index in [1.165, 1.54) is 0 Å². The van der Waals surface area contributed by atoms with Crippen molar-refractivity contribution in [2.75, 3.05) is 13.6 Å². The van der Waals surface area contributed by atoms with Gasteiger partial charge in [0.1, 0.15) is 0 Å². The molecule has 1 rings (SSSR count). The van der Waals surface area contributed by atoms with Crippen molar-refractivity contribution in [3.63, 3.8) is 0 Å². The second-order valence-electron chi connectivity index (χ2n) is 3.59. The maximum Gasteiger partial charge on any atom is 0.255 e. The monoisotopic (exact) mass is 282 g/mol. The van der Waals surface area contributed by atoms with E-state index < -0.39 is 0 Å². The van der Waals surface area contributed by atoms with E-state index in [-0.39, 0.29) is 5.91 Å².